The monoisotopic (exact) mass is 354 g/mol. The minimum absolute atomic E-state index is 0.0699. The van der Waals surface area contributed by atoms with Crippen LogP contribution in [-0.2, 0) is 20.0 Å². The lowest BCUT2D eigenvalue weighted by Crippen LogP contribution is -2.31. The van der Waals surface area contributed by atoms with Gasteiger partial charge in [-0.05, 0) is 44.3 Å². The molecule has 0 amide bonds. The third-order valence-corrected chi connectivity index (χ3v) is 6.61. The van der Waals surface area contributed by atoms with Crippen molar-refractivity contribution in [1.82, 2.24) is 4.72 Å². The molecule has 8 heteroatoms. The number of nitrogens with zero attached hydrogens (tertiary/aromatic N) is 1. The third kappa shape index (κ3) is 3.54. The quantitative estimate of drug-likeness (QED) is 0.857. The maximum Gasteiger partial charge on any atom is 0.264 e. The Morgan fingerprint density at radius 2 is 1.52 bits per heavy atom. The molecular weight excluding hydrogens is 336 g/mol. The van der Waals surface area contributed by atoms with Gasteiger partial charge < -0.3 is 0 Å². The van der Waals surface area contributed by atoms with Crippen molar-refractivity contribution in [2.45, 2.75) is 16.7 Å². The van der Waals surface area contributed by atoms with Crippen molar-refractivity contribution in [3.63, 3.8) is 0 Å². The van der Waals surface area contributed by atoms with Crippen molar-refractivity contribution in [3.8, 4) is 0 Å². The summed E-state index contributed by atoms with van der Waals surface area (Å²) in [5.74, 6) is 0. The fourth-order valence-electron chi connectivity index (χ4n) is 2.13. The van der Waals surface area contributed by atoms with Crippen molar-refractivity contribution in [2.24, 2.45) is 0 Å². The highest BCUT2D eigenvalue weighted by Crippen LogP contribution is 2.24. The summed E-state index contributed by atoms with van der Waals surface area (Å²) in [7, 11) is -6.29. The number of benzene rings is 2. The van der Waals surface area contributed by atoms with E-state index in [1.165, 1.54) is 29.6 Å². The third-order valence-electron chi connectivity index (χ3n) is 3.30. The first-order chi connectivity index (χ1) is 10.8. The molecule has 124 valence electrons. The predicted molar refractivity (Wildman–Crippen MR) is 89.3 cm³/mol. The van der Waals surface area contributed by atoms with Crippen LogP contribution in [0.1, 0.15) is 6.92 Å². The Morgan fingerprint density at radius 1 is 0.913 bits per heavy atom. The van der Waals surface area contributed by atoms with Crippen molar-refractivity contribution in [2.75, 3.05) is 17.9 Å². The fraction of sp³-hybridized carbons (Fsp3) is 0.200. The summed E-state index contributed by atoms with van der Waals surface area (Å²) >= 11 is 0. The largest absolute Gasteiger partial charge is 0.267 e. The first kappa shape index (κ1) is 17.5. The molecule has 23 heavy (non-hydrogen) atoms. The van der Waals surface area contributed by atoms with Gasteiger partial charge in [0.15, 0.2) is 0 Å². The minimum Gasteiger partial charge on any atom is -0.267 e. The number of sulfonamides is 2. The lowest BCUT2D eigenvalue weighted by atomic mass is 10.3. The highest BCUT2D eigenvalue weighted by atomic mass is 32.2. The molecule has 0 bridgehead atoms. The van der Waals surface area contributed by atoms with Crippen molar-refractivity contribution < 1.29 is 16.8 Å². The molecule has 0 fully saturated rings. The lowest BCUT2D eigenvalue weighted by molar-refractivity contribution is 0.587. The summed E-state index contributed by atoms with van der Waals surface area (Å²) in [5, 5.41) is 0. The molecule has 0 saturated carbocycles. The molecule has 0 aliphatic rings. The molecule has 0 aliphatic carbocycles. The van der Waals surface area contributed by atoms with E-state index in [1.54, 1.807) is 37.3 Å². The van der Waals surface area contributed by atoms with Gasteiger partial charge in [-0.2, -0.15) is 0 Å². The van der Waals surface area contributed by atoms with Crippen LogP contribution in [0.15, 0.2) is 64.4 Å². The zero-order valence-electron chi connectivity index (χ0n) is 12.8. The van der Waals surface area contributed by atoms with E-state index in [-0.39, 0.29) is 16.3 Å². The van der Waals surface area contributed by atoms with Gasteiger partial charge in [-0.15, -0.1) is 0 Å². The molecule has 2 aromatic carbocycles. The molecule has 0 aliphatic heterocycles. The second kappa shape index (κ2) is 6.69. The van der Waals surface area contributed by atoms with Crippen molar-refractivity contribution in [3.05, 3.63) is 54.6 Å². The van der Waals surface area contributed by atoms with Gasteiger partial charge in [0.1, 0.15) is 0 Å². The van der Waals surface area contributed by atoms with Gasteiger partial charge in [-0.25, -0.2) is 21.6 Å². The van der Waals surface area contributed by atoms with E-state index < -0.39 is 20.0 Å². The topological polar surface area (TPSA) is 83.6 Å². The van der Waals surface area contributed by atoms with Crippen LogP contribution in [0.25, 0.3) is 0 Å². The summed E-state index contributed by atoms with van der Waals surface area (Å²) in [6.07, 6.45) is 0. The first-order valence-corrected chi connectivity index (χ1v) is 9.86. The summed E-state index contributed by atoms with van der Waals surface area (Å²) in [5.41, 5.74) is 0.525. The van der Waals surface area contributed by atoms with Crippen LogP contribution in [0.4, 0.5) is 5.69 Å². The van der Waals surface area contributed by atoms with Gasteiger partial charge in [0.2, 0.25) is 10.0 Å². The van der Waals surface area contributed by atoms with Crippen molar-refractivity contribution in [1.29, 1.82) is 0 Å². The van der Waals surface area contributed by atoms with Crippen LogP contribution >= 0.6 is 0 Å². The van der Waals surface area contributed by atoms with E-state index in [0.29, 0.717) is 5.69 Å². The Bertz CT molecular complexity index is 879. The Balaban J connectivity index is 2.54. The van der Waals surface area contributed by atoms with E-state index in [9.17, 15) is 16.8 Å². The Morgan fingerprint density at radius 3 is 2.09 bits per heavy atom. The predicted octanol–water partition coefficient (Wildman–Crippen LogP) is 1.81. The van der Waals surface area contributed by atoms with Gasteiger partial charge in [-0.3, -0.25) is 4.31 Å². The van der Waals surface area contributed by atoms with Crippen molar-refractivity contribution >= 4 is 25.7 Å². The van der Waals surface area contributed by atoms with E-state index in [2.05, 4.69) is 4.72 Å². The standard InChI is InChI=1S/C15H18N2O4S2/c1-3-17(13-8-5-4-6-9-13)23(20,21)15-11-7-10-14(12-15)22(18,19)16-2/h4-12,16H,3H2,1-2H3. The summed E-state index contributed by atoms with van der Waals surface area (Å²) in [4.78, 5) is -0.162. The van der Waals surface area contributed by atoms with E-state index in [0.717, 1.165) is 6.07 Å². The molecule has 2 rings (SSSR count). The molecular formula is C15H18N2O4S2. The van der Waals surface area contributed by atoms with Gasteiger partial charge >= 0.3 is 0 Å². The highest BCUT2D eigenvalue weighted by molar-refractivity contribution is 7.93. The van der Waals surface area contributed by atoms with E-state index >= 15 is 0 Å². The van der Waals surface area contributed by atoms with E-state index in [1.807, 2.05) is 0 Å². The Labute approximate surface area is 136 Å². The zero-order chi connectivity index (χ0) is 17.1. The number of rotatable bonds is 6. The normalized spacial score (nSPS) is 12.1. The SMILES string of the molecule is CCN(c1ccccc1)S(=O)(=O)c1cccc(S(=O)(=O)NC)c1. The molecule has 0 atom stereocenters. The number of hydrogen-bond donors (Lipinski definition) is 1. The van der Waals surface area contributed by atoms with Gasteiger partial charge in [0.25, 0.3) is 10.0 Å². The summed E-state index contributed by atoms with van der Waals surface area (Å²) in [6, 6.07) is 14.0. The molecule has 0 radical (unpaired) electrons. The average Bonchev–Trinajstić information content (AvgIpc) is 2.56. The van der Waals surface area contributed by atoms with Crippen LogP contribution in [0, 0.1) is 0 Å². The second-order valence-corrected chi connectivity index (χ2v) is 8.44. The number of para-hydroxylation sites is 1. The molecule has 1 N–H and O–H groups in total. The van der Waals surface area contributed by atoms with Crippen LogP contribution in [-0.4, -0.2) is 30.4 Å². The van der Waals surface area contributed by atoms with Crippen LogP contribution in [0.2, 0.25) is 0 Å². The molecule has 0 heterocycles. The maximum absolute atomic E-state index is 12.8. The average molecular weight is 354 g/mol. The lowest BCUT2D eigenvalue weighted by Gasteiger charge is -2.23. The Kier molecular flexibility index (Phi) is 5.08. The molecule has 6 nitrogen and oxygen atoms in total. The number of anilines is 1. The summed E-state index contributed by atoms with van der Waals surface area (Å²) < 4.78 is 52.8. The number of hydrogen-bond acceptors (Lipinski definition) is 4. The van der Waals surface area contributed by atoms with Crippen LogP contribution in [0.3, 0.4) is 0 Å². The van der Waals surface area contributed by atoms with Gasteiger partial charge in [0.05, 0.1) is 15.5 Å². The first-order valence-electron chi connectivity index (χ1n) is 6.94. The molecule has 0 aromatic heterocycles. The Hall–Kier alpha value is -1.90. The molecule has 2 aromatic rings. The van der Waals surface area contributed by atoms with E-state index in [4.69, 9.17) is 0 Å². The van der Waals surface area contributed by atoms with Gasteiger partial charge in [-0.1, -0.05) is 24.3 Å². The highest BCUT2D eigenvalue weighted by Gasteiger charge is 2.25. The van der Waals surface area contributed by atoms with Crippen LogP contribution < -0.4 is 9.03 Å². The van der Waals surface area contributed by atoms with Gasteiger partial charge in [0, 0.05) is 6.54 Å². The molecule has 0 spiro atoms. The number of nitrogens with one attached hydrogen (secondary N) is 1. The van der Waals surface area contributed by atoms with Crippen LogP contribution in [0.5, 0.6) is 0 Å². The minimum atomic E-state index is -3.85. The smallest absolute Gasteiger partial charge is 0.264 e. The second-order valence-electron chi connectivity index (χ2n) is 4.69. The summed E-state index contributed by atoms with van der Waals surface area (Å²) in [6.45, 7) is 1.95. The fourth-order valence-corrected chi connectivity index (χ4v) is 4.50. The molecule has 0 saturated heterocycles. The maximum atomic E-state index is 12.8. The zero-order valence-corrected chi connectivity index (χ0v) is 14.4. The molecule has 0 unspecified atom stereocenters.